The largest absolute Gasteiger partial charge is 0.490 e. The van der Waals surface area contributed by atoms with Gasteiger partial charge in [-0.15, -0.1) is 0 Å². The summed E-state index contributed by atoms with van der Waals surface area (Å²) in [4.78, 5) is 44.4. The third-order valence-corrected chi connectivity index (χ3v) is 8.67. The quantitative estimate of drug-likeness (QED) is 0.174. The fraction of sp³-hybridized carbons (Fsp3) is 0.257. The van der Waals surface area contributed by atoms with Crippen molar-refractivity contribution in [3.05, 3.63) is 118 Å². The first-order chi connectivity index (χ1) is 23.1. The Kier molecular flexibility index (Phi) is 11.3. The Bertz CT molecular complexity index is 2070. The number of allylic oxidation sites excluding steroid dienone is 1. The molecule has 1 atom stereocenters. The van der Waals surface area contributed by atoms with Gasteiger partial charge in [0.15, 0.2) is 22.9 Å². The molecule has 13 heteroatoms. The summed E-state index contributed by atoms with van der Waals surface area (Å²) < 4.78 is 29.5. The third-order valence-electron chi connectivity index (χ3n) is 7.22. The van der Waals surface area contributed by atoms with E-state index in [1.165, 1.54) is 23.0 Å². The molecule has 0 aliphatic carbocycles. The van der Waals surface area contributed by atoms with Crippen molar-refractivity contribution in [3.8, 4) is 17.2 Å². The van der Waals surface area contributed by atoms with Gasteiger partial charge in [-0.05, 0) is 80.4 Å². The molecule has 4 aromatic rings. The van der Waals surface area contributed by atoms with Crippen molar-refractivity contribution < 1.29 is 33.3 Å². The number of carbonyl (C=O) groups is 2. The number of ether oxygens (including phenoxy) is 5. The monoisotopic (exact) mass is 710 g/mol. The zero-order chi connectivity index (χ0) is 34.4. The van der Waals surface area contributed by atoms with Gasteiger partial charge in [-0.2, -0.15) is 0 Å². The highest BCUT2D eigenvalue weighted by Crippen LogP contribution is 2.36. The molecule has 0 unspecified atom stereocenters. The lowest BCUT2D eigenvalue weighted by Gasteiger charge is -2.25. The number of thiazole rings is 1. The van der Waals surface area contributed by atoms with Gasteiger partial charge in [0.2, 0.25) is 0 Å². The van der Waals surface area contributed by atoms with E-state index in [-0.39, 0.29) is 31.0 Å². The summed E-state index contributed by atoms with van der Waals surface area (Å²) in [5, 5.41) is 1.05. The van der Waals surface area contributed by atoms with E-state index in [4.69, 9.17) is 42.1 Å². The Hall–Kier alpha value is -4.58. The minimum Gasteiger partial charge on any atom is -0.490 e. The lowest BCUT2D eigenvalue weighted by Crippen LogP contribution is -2.40. The molecule has 5 rings (SSSR count). The van der Waals surface area contributed by atoms with Gasteiger partial charge in [-0.1, -0.05) is 52.7 Å². The molecule has 2 heterocycles. The molecule has 0 spiro atoms. The molecule has 3 aromatic carbocycles. The molecule has 1 aliphatic rings. The second kappa shape index (κ2) is 15.5. The van der Waals surface area contributed by atoms with Crippen molar-refractivity contribution in [1.29, 1.82) is 0 Å². The van der Waals surface area contributed by atoms with Crippen LogP contribution in [0.1, 0.15) is 43.5 Å². The van der Waals surface area contributed by atoms with Crippen LogP contribution in [-0.2, 0) is 25.7 Å². The minimum atomic E-state index is -0.908. The molecular formula is C35H32Cl2N2O8S. The summed E-state index contributed by atoms with van der Waals surface area (Å²) in [5.41, 5.74) is 2.22. The smallest absolute Gasteiger partial charge is 0.343 e. The molecule has 0 saturated heterocycles. The number of aromatic nitrogens is 1. The van der Waals surface area contributed by atoms with Crippen molar-refractivity contribution in [2.24, 2.45) is 4.99 Å². The van der Waals surface area contributed by atoms with E-state index in [1.54, 1.807) is 69.3 Å². The highest BCUT2D eigenvalue weighted by molar-refractivity contribution is 7.07. The molecular weight excluding hydrogens is 679 g/mol. The van der Waals surface area contributed by atoms with Gasteiger partial charge >= 0.3 is 11.9 Å². The van der Waals surface area contributed by atoms with Crippen molar-refractivity contribution in [2.45, 2.75) is 33.4 Å². The van der Waals surface area contributed by atoms with Gasteiger partial charge in [0, 0.05) is 15.6 Å². The molecule has 250 valence electrons. The number of halogens is 2. The van der Waals surface area contributed by atoms with Crippen LogP contribution in [0.2, 0.25) is 10.0 Å². The van der Waals surface area contributed by atoms with E-state index in [0.29, 0.717) is 60.1 Å². The van der Waals surface area contributed by atoms with Gasteiger partial charge in [-0.25, -0.2) is 14.6 Å². The van der Waals surface area contributed by atoms with Gasteiger partial charge in [0.1, 0.15) is 12.4 Å². The second-order valence-electron chi connectivity index (χ2n) is 10.4. The summed E-state index contributed by atoms with van der Waals surface area (Å²) in [5.74, 6) is -0.0421. The van der Waals surface area contributed by atoms with E-state index >= 15 is 0 Å². The fourth-order valence-corrected chi connectivity index (χ4v) is 6.51. The number of esters is 2. The van der Waals surface area contributed by atoms with Crippen LogP contribution >= 0.6 is 34.5 Å². The van der Waals surface area contributed by atoms with Crippen LogP contribution in [-0.4, -0.2) is 43.4 Å². The lowest BCUT2D eigenvalue weighted by molar-refractivity contribution is -0.143. The first-order valence-electron chi connectivity index (χ1n) is 15.0. The number of carbonyl (C=O) groups excluding carboxylic acids is 2. The molecule has 1 aliphatic heterocycles. The molecule has 10 nitrogen and oxygen atoms in total. The normalized spacial score (nSPS) is 14.2. The van der Waals surface area contributed by atoms with Crippen molar-refractivity contribution in [1.82, 2.24) is 4.57 Å². The van der Waals surface area contributed by atoms with E-state index in [2.05, 4.69) is 9.73 Å². The number of hydrogen-bond donors (Lipinski definition) is 0. The van der Waals surface area contributed by atoms with Gasteiger partial charge in [0.05, 0.1) is 42.2 Å². The van der Waals surface area contributed by atoms with E-state index in [0.717, 1.165) is 5.56 Å². The number of rotatable bonds is 12. The average Bonchev–Trinajstić information content (AvgIpc) is 3.36. The maximum absolute atomic E-state index is 14.2. The predicted octanol–water partition coefficient (Wildman–Crippen LogP) is 5.63. The molecule has 0 radical (unpaired) electrons. The summed E-state index contributed by atoms with van der Waals surface area (Å²) in [7, 11) is 1.27. The molecule has 48 heavy (non-hydrogen) atoms. The standard InChI is InChI=1S/C35H32Cl2N2O8S/c1-5-44-28-16-22(10-12-27(28)47-19-30(40)43-4)32-31(34(42)45-6-2)20(3)38-35-39(32)33(41)29(48-35)17-23-15-25(37)11-13-26(23)46-18-21-8-7-9-24(36)14-21/h7-17,32H,5-6,18-19H2,1-4H3/b29-17+/t32-/m0/s1. The first-order valence-corrected chi connectivity index (χ1v) is 16.5. The van der Waals surface area contributed by atoms with Crippen LogP contribution in [0.4, 0.5) is 0 Å². The molecule has 0 bridgehead atoms. The van der Waals surface area contributed by atoms with Crippen molar-refractivity contribution in [2.75, 3.05) is 26.9 Å². The average molecular weight is 712 g/mol. The van der Waals surface area contributed by atoms with Crippen molar-refractivity contribution >= 4 is 52.6 Å². The summed E-state index contributed by atoms with van der Waals surface area (Å²) in [6, 6.07) is 16.6. The van der Waals surface area contributed by atoms with Gasteiger partial charge in [0.25, 0.3) is 5.56 Å². The first kappa shape index (κ1) is 34.7. The Morgan fingerprint density at radius 3 is 2.44 bits per heavy atom. The minimum absolute atomic E-state index is 0.129. The summed E-state index contributed by atoms with van der Waals surface area (Å²) >= 11 is 13.7. The van der Waals surface area contributed by atoms with Crippen molar-refractivity contribution in [3.63, 3.8) is 0 Å². The van der Waals surface area contributed by atoms with Crippen LogP contribution in [0, 0.1) is 0 Å². The zero-order valence-corrected chi connectivity index (χ0v) is 28.9. The number of hydrogen-bond acceptors (Lipinski definition) is 10. The van der Waals surface area contributed by atoms with Gasteiger partial charge < -0.3 is 23.7 Å². The highest BCUT2D eigenvalue weighted by Gasteiger charge is 2.34. The number of benzene rings is 3. The molecule has 1 aromatic heterocycles. The zero-order valence-electron chi connectivity index (χ0n) is 26.6. The Labute approximate surface area is 290 Å². The number of methoxy groups -OCH3 is 1. The third kappa shape index (κ3) is 7.75. The van der Waals surface area contributed by atoms with Crippen LogP contribution in [0.3, 0.4) is 0 Å². The van der Waals surface area contributed by atoms with Crippen LogP contribution < -0.4 is 29.1 Å². The number of nitrogens with zero attached hydrogens (tertiary/aromatic N) is 2. The fourth-order valence-electron chi connectivity index (χ4n) is 5.08. The topological polar surface area (TPSA) is 115 Å². The van der Waals surface area contributed by atoms with Crippen LogP contribution in [0.25, 0.3) is 6.08 Å². The second-order valence-corrected chi connectivity index (χ2v) is 12.3. The predicted molar refractivity (Wildman–Crippen MR) is 183 cm³/mol. The number of fused-ring (bicyclic) bond motifs is 1. The maximum atomic E-state index is 14.2. The van der Waals surface area contributed by atoms with E-state index in [9.17, 15) is 14.4 Å². The summed E-state index contributed by atoms with van der Waals surface area (Å²) in [6.45, 7) is 5.55. The molecule has 0 amide bonds. The lowest BCUT2D eigenvalue weighted by atomic mass is 9.95. The van der Waals surface area contributed by atoms with Crippen LogP contribution in [0.5, 0.6) is 17.2 Å². The van der Waals surface area contributed by atoms with E-state index in [1.807, 2.05) is 18.2 Å². The molecule has 0 N–H and O–H groups in total. The maximum Gasteiger partial charge on any atom is 0.343 e. The Morgan fingerprint density at radius 2 is 1.71 bits per heavy atom. The van der Waals surface area contributed by atoms with Gasteiger partial charge in [-0.3, -0.25) is 9.36 Å². The molecule has 0 fully saturated rings. The highest BCUT2D eigenvalue weighted by atomic mass is 35.5. The molecule has 0 saturated carbocycles. The van der Waals surface area contributed by atoms with Crippen LogP contribution in [0.15, 0.2) is 81.7 Å². The Morgan fingerprint density at radius 1 is 0.938 bits per heavy atom. The van der Waals surface area contributed by atoms with E-state index < -0.39 is 18.0 Å². The summed E-state index contributed by atoms with van der Waals surface area (Å²) in [6.07, 6.45) is 1.69. The SMILES string of the molecule is CCOC(=O)C1=C(C)N=c2s/c(=C/c3cc(Cl)ccc3OCc3cccc(Cl)c3)c(=O)n2[C@H]1c1ccc(OCC(=O)OC)c(OCC)c1. The Balaban J connectivity index is 1.62.